The van der Waals surface area contributed by atoms with Crippen LogP contribution in [0, 0.1) is 5.92 Å². The van der Waals surface area contributed by atoms with E-state index in [0.717, 1.165) is 11.2 Å². The Labute approximate surface area is 78.4 Å². The van der Waals surface area contributed by atoms with Gasteiger partial charge in [-0.1, -0.05) is 32.0 Å². The number of hydrogen-bond donors (Lipinski definition) is 0. The maximum atomic E-state index is 2.31. The summed E-state index contributed by atoms with van der Waals surface area (Å²) in [5, 5.41) is 0.808. The van der Waals surface area contributed by atoms with E-state index in [2.05, 4.69) is 38.1 Å². The molecule has 0 aromatic heterocycles. The molecule has 0 radical (unpaired) electrons. The van der Waals surface area contributed by atoms with E-state index >= 15 is 0 Å². The molecule has 1 heterocycles. The Bertz CT molecular complexity index is 253. The van der Waals surface area contributed by atoms with Crippen LogP contribution in [0.5, 0.6) is 0 Å². The molecule has 1 aliphatic rings. The molecule has 0 N–H and O–H groups in total. The lowest BCUT2D eigenvalue weighted by Crippen LogP contribution is -2.08. The fraction of sp³-hybridized carbons (Fsp3) is 0.455. The molecule has 1 atom stereocenters. The Balaban J connectivity index is 2.22. The lowest BCUT2D eigenvalue weighted by molar-refractivity contribution is 0.611. The second-order valence-electron chi connectivity index (χ2n) is 3.71. The monoisotopic (exact) mass is 178 g/mol. The Kier molecular flexibility index (Phi) is 2.14. The molecule has 0 saturated heterocycles. The van der Waals surface area contributed by atoms with Crippen LogP contribution in [0.3, 0.4) is 0 Å². The smallest absolute Gasteiger partial charge is 0.0158 e. The predicted molar refractivity (Wildman–Crippen MR) is 54.6 cm³/mol. The third kappa shape index (κ3) is 1.38. The summed E-state index contributed by atoms with van der Waals surface area (Å²) in [7, 11) is 0. The van der Waals surface area contributed by atoms with Gasteiger partial charge in [0.2, 0.25) is 0 Å². The van der Waals surface area contributed by atoms with E-state index in [1.807, 2.05) is 11.8 Å². The molecule has 0 bridgehead atoms. The van der Waals surface area contributed by atoms with E-state index < -0.39 is 0 Å². The Hall–Kier alpha value is -0.430. The summed E-state index contributed by atoms with van der Waals surface area (Å²) in [6.45, 7) is 4.62. The molecule has 1 unspecified atom stereocenters. The lowest BCUT2D eigenvalue weighted by atomic mass is 10.0. The second-order valence-corrected chi connectivity index (χ2v) is 4.99. The molecule has 1 aliphatic heterocycles. The van der Waals surface area contributed by atoms with Crippen LogP contribution >= 0.6 is 11.8 Å². The highest BCUT2D eigenvalue weighted by Crippen LogP contribution is 2.39. The highest BCUT2D eigenvalue weighted by Gasteiger charge is 2.23. The van der Waals surface area contributed by atoms with E-state index in [1.165, 1.54) is 11.3 Å². The Morgan fingerprint density at radius 1 is 1.33 bits per heavy atom. The van der Waals surface area contributed by atoms with E-state index in [0.29, 0.717) is 0 Å². The van der Waals surface area contributed by atoms with Gasteiger partial charge in [-0.05, 0) is 24.0 Å². The fourth-order valence-corrected chi connectivity index (χ4v) is 2.90. The molecule has 64 valence electrons. The normalized spacial score (nSPS) is 21.4. The number of benzene rings is 1. The first-order chi connectivity index (χ1) is 5.77. The zero-order chi connectivity index (χ0) is 8.55. The van der Waals surface area contributed by atoms with Crippen molar-refractivity contribution in [2.45, 2.75) is 30.4 Å². The van der Waals surface area contributed by atoms with Gasteiger partial charge in [0.05, 0.1) is 0 Å². The molecule has 0 nitrogen and oxygen atoms in total. The minimum atomic E-state index is 0.794. The SMILES string of the molecule is CC(C)C1Cc2ccccc2S1. The first kappa shape index (κ1) is 8.18. The number of fused-ring (bicyclic) bond motifs is 1. The van der Waals surface area contributed by atoms with Crippen molar-refractivity contribution in [3.05, 3.63) is 29.8 Å². The quantitative estimate of drug-likeness (QED) is 0.635. The summed E-state index contributed by atoms with van der Waals surface area (Å²) in [5.74, 6) is 0.794. The highest BCUT2D eigenvalue weighted by atomic mass is 32.2. The van der Waals surface area contributed by atoms with Crippen molar-refractivity contribution in [2.75, 3.05) is 0 Å². The van der Waals surface area contributed by atoms with Gasteiger partial charge in [-0.2, -0.15) is 0 Å². The third-order valence-electron chi connectivity index (χ3n) is 2.42. The van der Waals surface area contributed by atoms with Crippen molar-refractivity contribution >= 4 is 11.8 Å². The van der Waals surface area contributed by atoms with E-state index in [4.69, 9.17) is 0 Å². The molecule has 0 saturated carbocycles. The molecule has 0 aliphatic carbocycles. The minimum Gasteiger partial charge on any atom is -0.122 e. The molecule has 0 fully saturated rings. The summed E-state index contributed by atoms with van der Waals surface area (Å²) in [4.78, 5) is 1.50. The molecule has 1 aromatic rings. The molecule has 0 spiro atoms. The van der Waals surface area contributed by atoms with Gasteiger partial charge in [0, 0.05) is 10.1 Å². The van der Waals surface area contributed by atoms with Crippen molar-refractivity contribution in [1.29, 1.82) is 0 Å². The van der Waals surface area contributed by atoms with Gasteiger partial charge in [-0.25, -0.2) is 0 Å². The van der Waals surface area contributed by atoms with E-state index in [1.54, 1.807) is 5.56 Å². The van der Waals surface area contributed by atoms with Gasteiger partial charge < -0.3 is 0 Å². The van der Waals surface area contributed by atoms with Crippen LogP contribution in [-0.4, -0.2) is 5.25 Å². The zero-order valence-corrected chi connectivity index (χ0v) is 8.40. The molecule has 0 amide bonds. The van der Waals surface area contributed by atoms with Gasteiger partial charge in [-0.15, -0.1) is 11.8 Å². The first-order valence-electron chi connectivity index (χ1n) is 4.52. The highest BCUT2D eigenvalue weighted by molar-refractivity contribution is 8.00. The van der Waals surface area contributed by atoms with Gasteiger partial charge in [0.25, 0.3) is 0 Å². The van der Waals surface area contributed by atoms with Crippen molar-refractivity contribution < 1.29 is 0 Å². The average molecular weight is 178 g/mol. The van der Waals surface area contributed by atoms with Crippen LogP contribution in [0.25, 0.3) is 0 Å². The van der Waals surface area contributed by atoms with Crippen LogP contribution in [0.15, 0.2) is 29.2 Å². The first-order valence-corrected chi connectivity index (χ1v) is 5.40. The number of rotatable bonds is 1. The average Bonchev–Trinajstić information content (AvgIpc) is 2.46. The Morgan fingerprint density at radius 2 is 2.08 bits per heavy atom. The zero-order valence-electron chi connectivity index (χ0n) is 7.58. The van der Waals surface area contributed by atoms with Crippen LogP contribution in [-0.2, 0) is 6.42 Å². The predicted octanol–water partition coefficient (Wildman–Crippen LogP) is 3.36. The second kappa shape index (κ2) is 3.14. The molecule has 1 heteroatoms. The standard InChI is InChI=1S/C11H14S/c1-8(2)11-7-9-5-3-4-6-10(9)12-11/h3-6,8,11H,7H2,1-2H3. The van der Waals surface area contributed by atoms with Crippen LogP contribution in [0.1, 0.15) is 19.4 Å². The van der Waals surface area contributed by atoms with Gasteiger partial charge in [0.1, 0.15) is 0 Å². The summed E-state index contributed by atoms with van der Waals surface area (Å²) in [6, 6.07) is 8.77. The van der Waals surface area contributed by atoms with Gasteiger partial charge in [-0.3, -0.25) is 0 Å². The largest absolute Gasteiger partial charge is 0.122 e. The lowest BCUT2D eigenvalue weighted by Gasteiger charge is -2.11. The van der Waals surface area contributed by atoms with E-state index in [9.17, 15) is 0 Å². The summed E-state index contributed by atoms with van der Waals surface area (Å²) in [5.41, 5.74) is 1.54. The molecule has 12 heavy (non-hydrogen) atoms. The van der Waals surface area contributed by atoms with Crippen molar-refractivity contribution in [3.8, 4) is 0 Å². The topological polar surface area (TPSA) is 0 Å². The van der Waals surface area contributed by atoms with E-state index in [-0.39, 0.29) is 0 Å². The maximum Gasteiger partial charge on any atom is 0.0158 e. The summed E-state index contributed by atoms with van der Waals surface area (Å²) >= 11 is 2.04. The van der Waals surface area contributed by atoms with Crippen LogP contribution in [0.4, 0.5) is 0 Å². The summed E-state index contributed by atoms with van der Waals surface area (Å²) in [6.07, 6.45) is 1.26. The fourth-order valence-electron chi connectivity index (χ4n) is 1.58. The van der Waals surface area contributed by atoms with Crippen molar-refractivity contribution in [3.63, 3.8) is 0 Å². The van der Waals surface area contributed by atoms with Crippen molar-refractivity contribution in [2.24, 2.45) is 5.92 Å². The molecular weight excluding hydrogens is 164 g/mol. The third-order valence-corrected chi connectivity index (χ3v) is 4.08. The van der Waals surface area contributed by atoms with Crippen LogP contribution in [0.2, 0.25) is 0 Å². The summed E-state index contributed by atoms with van der Waals surface area (Å²) < 4.78 is 0. The maximum absolute atomic E-state index is 2.31. The molecule has 1 aromatic carbocycles. The minimum absolute atomic E-state index is 0.794. The van der Waals surface area contributed by atoms with Crippen LogP contribution < -0.4 is 0 Å². The van der Waals surface area contributed by atoms with Crippen molar-refractivity contribution in [1.82, 2.24) is 0 Å². The number of thioether (sulfide) groups is 1. The molecule has 2 rings (SSSR count). The van der Waals surface area contributed by atoms with Gasteiger partial charge in [0.15, 0.2) is 0 Å². The van der Waals surface area contributed by atoms with Gasteiger partial charge >= 0.3 is 0 Å². The molecular formula is C11H14S. The number of hydrogen-bond acceptors (Lipinski definition) is 1. The Morgan fingerprint density at radius 3 is 2.75 bits per heavy atom.